The van der Waals surface area contributed by atoms with Gasteiger partial charge in [0.25, 0.3) is 0 Å². The number of nitrogens with one attached hydrogen (secondary N) is 2. The van der Waals surface area contributed by atoms with E-state index in [0.29, 0.717) is 17.0 Å². The number of hydrogen-bond donors (Lipinski definition) is 2. The molecule has 1 aromatic heterocycles. The molecule has 1 saturated carbocycles. The topological polar surface area (TPSA) is 108 Å². The Labute approximate surface area is 215 Å². The largest absolute Gasteiger partial charge is 0.379 e. The second-order valence-electron chi connectivity index (χ2n) is 9.37. The lowest BCUT2D eigenvalue weighted by Gasteiger charge is -2.37. The number of rotatable bonds is 7. The summed E-state index contributed by atoms with van der Waals surface area (Å²) in [6, 6.07) is 21.9. The van der Waals surface area contributed by atoms with Crippen LogP contribution in [0.3, 0.4) is 0 Å². The zero-order valence-corrected chi connectivity index (χ0v) is 20.9. The van der Waals surface area contributed by atoms with Gasteiger partial charge in [0, 0.05) is 49.5 Å². The van der Waals surface area contributed by atoms with Gasteiger partial charge in [0.1, 0.15) is 10.6 Å². The van der Waals surface area contributed by atoms with Gasteiger partial charge in [0.15, 0.2) is 0 Å². The fraction of sp³-hybridized carbons (Fsp3) is 0.259. The van der Waals surface area contributed by atoms with Crippen molar-refractivity contribution in [1.82, 2.24) is 9.97 Å². The molecule has 2 aliphatic rings. The molecule has 2 fully saturated rings. The van der Waals surface area contributed by atoms with Gasteiger partial charge >= 0.3 is 10.1 Å². The van der Waals surface area contributed by atoms with Gasteiger partial charge in [0.05, 0.1) is 11.0 Å². The first kappa shape index (κ1) is 23.4. The van der Waals surface area contributed by atoms with Crippen molar-refractivity contribution >= 4 is 44.4 Å². The maximum absolute atomic E-state index is 12.9. The van der Waals surface area contributed by atoms with Crippen molar-refractivity contribution in [2.45, 2.75) is 17.7 Å². The number of nitrogens with zero attached hydrogens (tertiary/aromatic N) is 3. The summed E-state index contributed by atoms with van der Waals surface area (Å²) in [5, 5.41) is 2.76. The van der Waals surface area contributed by atoms with Gasteiger partial charge in [-0.2, -0.15) is 8.42 Å². The summed E-state index contributed by atoms with van der Waals surface area (Å²) in [5.41, 5.74) is 3.37. The number of para-hydroxylation sites is 1. The summed E-state index contributed by atoms with van der Waals surface area (Å²) in [4.78, 5) is 24.0. The van der Waals surface area contributed by atoms with Crippen molar-refractivity contribution in [2.75, 3.05) is 41.3 Å². The van der Waals surface area contributed by atoms with E-state index in [0.717, 1.165) is 44.7 Å². The number of carbonyl (C=O) groups is 1. The molecule has 2 N–H and O–H groups in total. The normalized spacial score (nSPS) is 16.1. The smallest absolute Gasteiger partial charge is 0.339 e. The standard InChI is InChI=1S/C27H27N5O4S/c33-26(19-6-7-19)30-27-28-24-13-10-22(18-25(24)29-27)36-37(34,35)23-11-8-21(9-12-23)32-16-14-31(15-17-32)20-4-2-1-3-5-20/h1-5,8-13,18-19H,6-7,14-17H2,(H2,28,29,30,33). The van der Waals surface area contributed by atoms with E-state index in [9.17, 15) is 13.2 Å². The van der Waals surface area contributed by atoms with Crippen LogP contribution in [0.4, 0.5) is 17.3 Å². The Morgan fingerprint density at radius 1 is 0.892 bits per heavy atom. The average Bonchev–Trinajstić information content (AvgIpc) is 3.70. The van der Waals surface area contributed by atoms with Gasteiger partial charge in [-0.15, -0.1) is 0 Å². The van der Waals surface area contributed by atoms with Crippen LogP contribution in [0.2, 0.25) is 0 Å². The molecule has 1 amide bonds. The Bertz CT molecular complexity index is 1520. The van der Waals surface area contributed by atoms with Crippen LogP contribution in [0.15, 0.2) is 77.7 Å². The van der Waals surface area contributed by atoms with Gasteiger partial charge in [-0.1, -0.05) is 18.2 Å². The first-order valence-electron chi connectivity index (χ1n) is 12.3. The summed E-state index contributed by atoms with van der Waals surface area (Å²) in [6.07, 6.45) is 1.79. The Morgan fingerprint density at radius 2 is 1.54 bits per heavy atom. The summed E-state index contributed by atoms with van der Waals surface area (Å²) < 4.78 is 31.3. The monoisotopic (exact) mass is 517 g/mol. The fourth-order valence-corrected chi connectivity index (χ4v) is 5.45. The highest BCUT2D eigenvalue weighted by Crippen LogP contribution is 2.30. The third-order valence-corrected chi connectivity index (χ3v) is 8.00. The Kier molecular flexibility index (Phi) is 5.96. The average molecular weight is 518 g/mol. The van der Waals surface area contributed by atoms with Crippen LogP contribution in [0, 0.1) is 5.92 Å². The molecular weight excluding hydrogens is 490 g/mol. The molecule has 9 nitrogen and oxygen atoms in total. The molecule has 0 bridgehead atoms. The van der Waals surface area contributed by atoms with Crippen LogP contribution in [-0.2, 0) is 14.9 Å². The van der Waals surface area contributed by atoms with E-state index in [1.54, 1.807) is 30.3 Å². The molecule has 1 saturated heterocycles. The number of piperazine rings is 1. The highest BCUT2D eigenvalue weighted by atomic mass is 32.2. The van der Waals surface area contributed by atoms with E-state index in [-0.39, 0.29) is 22.5 Å². The van der Waals surface area contributed by atoms with Gasteiger partial charge in [0.2, 0.25) is 11.9 Å². The highest BCUT2D eigenvalue weighted by Gasteiger charge is 2.30. The molecule has 10 heteroatoms. The number of anilines is 3. The molecule has 3 aromatic carbocycles. The van der Waals surface area contributed by atoms with Crippen LogP contribution in [0.5, 0.6) is 5.75 Å². The first-order valence-corrected chi connectivity index (χ1v) is 13.8. The van der Waals surface area contributed by atoms with Crippen molar-refractivity contribution in [3.63, 3.8) is 0 Å². The predicted octanol–water partition coefficient (Wildman–Crippen LogP) is 4.01. The van der Waals surface area contributed by atoms with Crippen molar-refractivity contribution in [2.24, 2.45) is 5.92 Å². The van der Waals surface area contributed by atoms with Crippen molar-refractivity contribution < 1.29 is 17.4 Å². The highest BCUT2D eigenvalue weighted by molar-refractivity contribution is 7.87. The number of aromatic amines is 1. The summed E-state index contributed by atoms with van der Waals surface area (Å²) in [6.45, 7) is 3.50. The Morgan fingerprint density at radius 3 is 2.19 bits per heavy atom. The lowest BCUT2D eigenvalue weighted by Crippen LogP contribution is -2.46. The predicted molar refractivity (Wildman–Crippen MR) is 143 cm³/mol. The van der Waals surface area contributed by atoms with Crippen molar-refractivity contribution in [1.29, 1.82) is 0 Å². The number of fused-ring (bicyclic) bond motifs is 1. The second kappa shape index (κ2) is 9.44. The van der Waals surface area contributed by atoms with Gasteiger partial charge in [-0.25, -0.2) is 4.98 Å². The molecule has 0 spiro atoms. The maximum Gasteiger partial charge on any atom is 0.339 e. The Hall–Kier alpha value is -4.05. The number of aromatic nitrogens is 2. The molecular formula is C27H27N5O4S. The molecule has 4 aromatic rings. The van der Waals surface area contributed by atoms with E-state index in [2.05, 4.69) is 37.2 Å². The fourth-order valence-electron chi connectivity index (χ4n) is 4.52. The van der Waals surface area contributed by atoms with E-state index in [1.165, 1.54) is 5.69 Å². The minimum Gasteiger partial charge on any atom is -0.379 e. The van der Waals surface area contributed by atoms with E-state index in [4.69, 9.17) is 4.18 Å². The van der Waals surface area contributed by atoms with Gasteiger partial charge < -0.3 is 19.0 Å². The third kappa shape index (κ3) is 5.10. The molecule has 1 aliphatic carbocycles. The Balaban J connectivity index is 1.10. The zero-order chi connectivity index (χ0) is 25.4. The summed E-state index contributed by atoms with van der Waals surface area (Å²) in [5.74, 6) is 0.506. The first-order chi connectivity index (χ1) is 17.9. The van der Waals surface area contributed by atoms with Crippen LogP contribution >= 0.6 is 0 Å². The molecule has 190 valence electrons. The van der Waals surface area contributed by atoms with E-state index < -0.39 is 10.1 Å². The number of hydrogen-bond acceptors (Lipinski definition) is 7. The number of carbonyl (C=O) groups excluding carboxylic acids is 1. The van der Waals surface area contributed by atoms with E-state index in [1.807, 2.05) is 30.3 Å². The third-order valence-electron chi connectivity index (χ3n) is 6.74. The van der Waals surface area contributed by atoms with Crippen molar-refractivity contribution in [3.05, 3.63) is 72.8 Å². The SMILES string of the molecule is O=C(Nc1nc2ccc(OS(=O)(=O)c3ccc(N4CCN(c5ccccc5)CC4)cc3)cc2[nH]1)C1CC1. The molecule has 1 aliphatic heterocycles. The van der Waals surface area contributed by atoms with Gasteiger partial charge in [-0.05, 0) is 61.4 Å². The minimum atomic E-state index is -4.02. The number of benzene rings is 3. The number of amides is 1. The lowest BCUT2D eigenvalue weighted by atomic mass is 10.2. The molecule has 37 heavy (non-hydrogen) atoms. The van der Waals surface area contributed by atoms with Gasteiger partial charge in [-0.3, -0.25) is 10.1 Å². The summed E-state index contributed by atoms with van der Waals surface area (Å²) in [7, 11) is -4.02. The summed E-state index contributed by atoms with van der Waals surface area (Å²) >= 11 is 0. The maximum atomic E-state index is 12.9. The quantitative estimate of drug-likeness (QED) is 0.357. The van der Waals surface area contributed by atoms with Crippen LogP contribution in [0.25, 0.3) is 11.0 Å². The molecule has 2 heterocycles. The van der Waals surface area contributed by atoms with Crippen molar-refractivity contribution in [3.8, 4) is 5.75 Å². The lowest BCUT2D eigenvalue weighted by molar-refractivity contribution is -0.117. The van der Waals surface area contributed by atoms with E-state index >= 15 is 0 Å². The van der Waals surface area contributed by atoms with Crippen LogP contribution in [-0.4, -0.2) is 50.5 Å². The molecule has 6 rings (SSSR count). The zero-order valence-electron chi connectivity index (χ0n) is 20.1. The number of H-pyrrole nitrogens is 1. The number of imidazole rings is 1. The van der Waals surface area contributed by atoms with Crippen LogP contribution in [0.1, 0.15) is 12.8 Å². The molecule has 0 unspecified atom stereocenters. The minimum absolute atomic E-state index is 0.0559. The second-order valence-corrected chi connectivity index (χ2v) is 10.9. The molecule has 0 atom stereocenters. The molecule has 0 radical (unpaired) electrons. The van der Waals surface area contributed by atoms with Crippen LogP contribution < -0.4 is 19.3 Å².